The maximum Gasteiger partial charge on any atom is 0.139 e. The van der Waals surface area contributed by atoms with Crippen molar-refractivity contribution in [1.82, 2.24) is 0 Å². The van der Waals surface area contributed by atoms with Crippen LogP contribution in [0.5, 0.6) is 0 Å². The van der Waals surface area contributed by atoms with Crippen LogP contribution >= 0.6 is 0 Å². The first-order valence-corrected chi connectivity index (χ1v) is 4.87. The van der Waals surface area contributed by atoms with Crippen molar-refractivity contribution >= 4 is 5.78 Å². The number of carbonyl (C=O) groups excluding carboxylic acids is 1. The van der Waals surface area contributed by atoms with E-state index in [1.54, 1.807) is 19.9 Å². The Morgan fingerprint density at radius 1 is 1.46 bits per heavy atom. The Morgan fingerprint density at radius 3 is 2.15 bits per heavy atom. The number of aliphatic hydroxyl groups is 1. The predicted octanol–water partition coefficient (Wildman–Crippen LogP) is 2.32. The highest BCUT2D eigenvalue weighted by atomic mass is 16.3. The molecule has 13 heavy (non-hydrogen) atoms. The third-order valence-electron chi connectivity index (χ3n) is 2.66. The van der Waals surface area contributed by atoms with Crippen LogP contribution in [0.3, 0.4) is 0 Å². The molecule has 0 saturated carbocycles. The standard InChI is InChI=1S/C11H20O2/c1-5-11(6-2,10(4)13)8-7-9(3)12/h7-9,12H,5-6H2,1-4H3/b8-7+/t9-/m1/s1. The Morgan fingerprint density at radius 2 is 1.92 bits per heavy atom. The quantitative estimate of drug-likeness (QED) is 0.666. The molecule has 0 saturated heterocycles. The largest absolute Gasteiger partial charge is 0.389 e. The van der Waals surface area contributed by atoms with E-state index in [1.165, 1.54) is 0 Å². The summed E-state index contributed by atoms with van der Waals surface area (Å²) in [6.07, 6.45) is 4.65. The lowest BCUT2D eigenvalue weighted by Crippen LogP contribution is -2.25. The molecule has 0 aromatic rings. The maximum absolute atomic E-state index is 11.4. The third kappa shape index (κ3) is 3.31. The summed E-state index contributed by atoms with van der Waals surface area (Å²) in [6, 6.07) is 0. The number of hydrogen-bond acceptors (Lipinski definition) is 2. The molecule has 76 valence electrons. The minimum absolute atomic E-state index is 0.175. The van der Waals surface area contributed by atoms with E-state index >= 15 is 0 Å². The molecule has 0 unspecified atom stereocenters. The summed E-state index contributed by atoms with van der Waals surface area (Å²) in [4.78, 5) is 11.4. The van der Waals surface area contributed by atoms with Gasteiger partial charge in [0.2, 0.25) is 0 Å². The highest BCUT2D eigenvalue weighted by Crippen LogP contribution is 2.29. The molecule has 2 nitrogen and oxygen atoms in total. The summed E-state index contributed by atoms with van der Waals surface area (Å²) < 4.78 is 0. The van der Waals surface area contributed by atoms with E-state index in [1.807, 2.05) is 19.9 Å². The Bertz CT molecular complexity index is 188. The summed E-state index contributed by atoms with van der Waals surface area (Å²) >= 11 is 0. The molecule has 0 amide bonds. The number of carbonyl (C=O) groups is 1. The van der Waals surface area contributed by atoms with Gasteiger partial charge in [0, 0.05) is 5.41 Å². The van der Waals surface area contributed by atoms with Gasteiger partial charge in [0.15, 0.2) is 0 Å². The summed E-state index contributed by atoms with van der Waals surface area (Å²) in [6.45, 7) is 7.29. The van der Waals surface area contributed by atoms with Gasteiger partial charge in [-0.3, -0.25) is 4.79 Å². The normalized spacial score (nSPS) is 14.8. The SMILES string of the molecule is CCC(/C=C/[C@@H](C)O)(CC)C(C)=O. The zero-order chi connectivity index (χ0) is 10.5. The fourth-order valence-electron chi connectivity index (χ4n) is 1.42. The first-order valence-electron chi connectivity index (χ1n) is 4.87. The van der Waals surface area contributed by atoms with Gasteiger partial charge in [-0.1, -0.05) is 26.0 Å². The molecule has 1 atom stereocenters. The maximum atomic E-state index is 11.4. The van der Waals surface area contributed by atoms with E-state index in [2.05, 4.69) is 0 Å². The van der Waals surface area contributed by atoms with Gasteiger partial charge >= 0.3 is 0 Å². The number of hydrogen-bond donors (Lipinski definition) is 1. The third-order valence-corrected chi connectivity index (χ3v) is 2.66. The van der Waals surface area contributed by atoms with Crippen LogP contribution in [0.2, 0.25) is 0 Å². The molecule has 0 fully saturated rings. The molecule has 0 aromatic carbocycles. The van der Waals surface area contributed by atoms with Gasteiger partial charge < -0.3 is 5.11 Å². The fraction of sp³-hybridized carbons (Fsp3) is 0.727. The second-order valence-electron chi connectivity index (χ2n) is 3.52. The van der Waals surface area contributed by atoms with Crippen molar-refractivity contribution in [1.29, 1.82) is 0 Å². The summed E-state index contributed by atoms with van der Waals surface area (Å²) in [7, 11) is 0. The number of aliphatic hydroxyl groups excluding tert-OH is 1. The number of allylic oxidation sites excluding steroid dienone is 1. The molecule has 0 aliphatic rings. The van der Waals surface area contributed by atoms with Crippen LogP contribution in [0.1, 0.15) is 40.5 Å². The molecule has 1 N–H and O–H groups in total. The van der Waals surface area contributed by atoms with Crippen LogP contribution in [-0.2, 0) is 4.79 Å². The van der Waals surface area contributed by atoms with Crippen LogP contribution in [-0.4, -0.2) is 17.0 Å². The molecule has 0 heterocycles. The van der Waals surface area contributed by atoms with Crippen molar-refractivity contribution in [3.8, 4) is 0 Å². The highest BCUT2D eigenvalue weighted by Gasteiger charge is 2.27. The number of Topliss-reactive ketones (excluding diaryl/α,β-unsaturated/α-hetero) is 1. The van der Waals surface area contributed by atoms with Crippen LogP contribution < -0.4 is 0 Å². The van der Waals surface area contributed by atoms with Gasteiger partial charge in [-0.2, -0.15) is 0 Å². The van der Waals surface area contributed by atoms with Crippen LogP contribution in [0.15, 0.2) is 12.2 Å². The second-order valence-corrected chi connectivity index (χ2v) is 3.52. The molecule has 0 aromatic heterocycles. The van der Waals surface area contributed by atoms with Crippen LogP contribution in [0, 0.1) is 5.41 Å². The van der Waals surface area contributed by atoms with E-state index in [-0.39, 0.29) is 11.2 Å². The smallest absolute Gasteiger partial charge is 0.139 e. The minimum atomic E-state index is -0.475. The second kappa shape index (κ2) is 5.18. The first-order chi connectivity index (χ1) is 5.98. The fourth-order valence-corrected chi connectivity index (χ4v) is 1.42. The van der Waals surface area contributed by atoms with Crippen molar-refractivity contribution < 1.29 is 9.90 Å². The molecule has 0 bridgehead atoms. The monoisotopic (exact) mass is 184 g/mol. The van der Waals surface area contributed by atoms with Gasteiger partial charge in [0.05, 0.1) is 6.10 Å². The summed E-state index contributed by atoms with van der Waals surface area (Å²) in [5, 5.41) is 9.09. The predicted molar refractivity (Wildman–Crippen MR) is 54.5 cm³/mol. The van der Waals surface area contributed by atoms with Gasteiger partial charge in [-0.25, -0.2) is 0 Å². The molecular weight excluding hydrogens is 164 g/mol. The Labute approximate surface area is 80.7 Å². The highest BCUT2D eigenvalue weighted by molar-refractivity contribution is 5.84. The average molecular weight is 184 g/mol. The minimum Gasteiger partial charge on any atom is -0.389 e. The van der Waals surface area contributed by atoms with Gasteiger partial charge in [-0.15, -0.1) is 0 Å². The lowest BCUT2D eigenvalue weighted by molar-refractivity contribution is -0.124. The number of ketones is 1. The lowest BCUT2D eigenvalue weighted by Gasteiger charge is -2.24. The van der Waals surface area contributed by atoms with E-state index < -0.39 is 6.10 Å². The Kier molecular flexibility index (Phi) is 4.92. The molecular formula is C11H20O2. The summed E-state index contributed by atoms with van der Waals surface area (Å²) in [5.74, 6) is 0.175. The van der Waals surface area contributed by atoms with E-state index in [9.17, 15) is 4.79 Å². The van der Waals surface area contributed by atoms with Gasteiger partial charge in [0.25, 0.3) is 0 Å². The first kappa shape index (κ1) is 12.4. The topological polar surface area (TPSA) is 37.3 Å². The van der Waals surface area contributed by atoms with Crippen LogP contribution in [0.25, 0.3) is 0 Å². The number of rotatable bonds is 5. The van der Waals surface area contributed by atoms with Crippen molar-refractivity contribution in [3.63, 3.8) is 0 Å². The van der Waals surface area contributed by atoms with E-state index in [4.69, 9.17) is 5.11 Å². The van der Waals surface area contributed by atoms with Crippen molar-refractivity contribution in [3.05, 3.63) is 12.2 Å². The van der Waals surface area contributed by atoms with Crippen molar-refractivity contribution in [2.75, 3.05) is 0 Å². The summed E-state index contributed by atoms with van der Waals surface area (Å²) in [5.41, 5.74) is -0.364. The molecule has 0 radical (unpaired) electrons. The van der Waals surface area contributed by atoms with Gasteiger partial charge in [-0.05, 0) is 26.7 Å². The van der Waals surface area contributed by atoms with E-state index in [0.717, 1.165) is 12.8 Å². The molecule has 0 aliphatic heterocycles. The van der Waals surface area contributed by atoms with Crippen LogP contribution in [0.4, 0.5) is 0 Å². The van der Waals surface area contributed by atoms with E-state index in [0.29, 0.717) is 0 Å². The molecule has 0 aliphatic carbocycles. The lowest BCUT2D eigenvalue weighted by atomic mass is 9.78. The van der Waals surface area contributed by atoms with Crippen molar-refractivity contribution in [2.45, 2.75) is 46.6 Å². The average Bonchev–Trinajstić information content (AvgIpc) is 2.06. The van der Waals surface area contributed by atoms with Gasteiger partial charge in [0.1, 0.15) is 5.78 Å². The zero-order valence-corrected chi connectivity index (χ0v) is 9.00. The molecule has 2 heteroatoms. The molecule has 0 rings (SSSR count). The Hall–Kier alpha value is -0.630. The molecule has 0 spiro atoms. The van der Waals surface area contributed by atoms with Crippen molar-refractivity contribution in [2.24, 2.45) is 5.41 Å². The Balaban J connectivity index is 4.68. The zero-order valence-electron chi connectivity index (χ0n) is 9.00.